The third-order valence-corrected chi connectivity index (χ3v) is 8.12. The highest BCUT2D eigenvalue weighted by Gasteiger charge is 3.03. The van der Waals surface area contributed by atoms with E-state index in [9.17, 15) is 176 Å². The van der Waals surface area contributed by atoms with E-state index < -0.39 is 137 Å². The molecule has 0 amide bonds. The van der Waals surface area contributed by atoms with Crippen molar-refractivity contribution in [3.8, 4) is 0 Å². The van der Waals surface area contributed by atoms with Crippen LogP contribution in [-0.2, 0) is 9.53 Å². The Labute approximate surface area is 333 Å². The maximum absolute atomic E-state index is 14.1. The minimum absolute atomic E-state index is 0.711. The van der Waals surface area contributed by atoms with Gasteiger partial charge in [0.25, 0.3) is 0 Å². The number of rotatable bonds is 21. The third kappa shape index (κ3) is 7.36. The van der Waals surface area contributed by atoms with Gasteiger partial charge in [-0.2, -0.15) is 171 Å². The molecule has 0 heterocycles. The monoisotopic (exact) mass is 1080 g/mol. The van der Waals surface area contributed by atoms with Gasteiger partial charge in [-0.15, -0.1) is 0 Å². The van der Waals surface area contributed by atoms with Gasteiger partial charge >= 0.3 is 119 Å². The number of halogens is 39. The summed E-state index contributed by atoms with van der Waals surface area (Å²) in [5, 5.41) is 0. The van der Waals surface area contributed by atoms with Gasteiger partial charge in [-0.3, -0.25) is 0 Å². The number of carbonyl (C=O) groups excluding carboxylic acids is 1. The highest BCUT2D eigenvalue weighted by atomic mass is 19.4. The Hall–Kier alpha value is -3.52. The molecule has 394 valence electrons. The van der Waals surface area contributed by atoms with Crippen LogP contribution in [0.15, 0.2) is 12.2 Å². The zero-order valence-electron chi connectivity index (χ0n) is 29.2. The van der Waals surface area contributed by atoms with Crippen LogP contribution in [0.2, 0.25) is 0 Å². The third-order valence-electron chi connectivity index (χ3n) is 8.12. The van der Waals surface area contributed by atoms with Crippen LogP contribution in [0.1, 0.15) is 13.3 Å². The van der Waals surface area contributed by atoms with Crippen molar-refractivity contribution in [2.24, 2.45) is 0 Å². The summed E-state index contributed by atoms with van der Waals surface area (Å²) in [5.41, 5.74) is -2.32. The summed E-state index contributed by atoms with van der Waals surface area (Å²) in [4.78, 5) is 11.2. The first-order valence-electron chi connectivity index (χ1n) is 14.6. The van der Waals surface area contributed by atoms with E-state index in [0.717, 1.165) is 0 Å². The molecule has 0 rings (SSSR count). The van der Waals surface area contributed by atoms with E-state index in [1.54, 1.807) is 0 Å². The fourth-order valence-electron chi connectivity index (χ4n) is 4.05. The van der Waals surface area contributed by atoms with E-state index in [4.69, 9.17) is 0 Å². The summed E-state index contributed by atoms with van der Waals surface area (Å²) in [6, 6.07) is 0. The van der Waals surface area contributed by atoms with E-state index in [2.05, 4.69) is 11.3 Å². The number of hydrogen-bond acceptors (Lipinski definition) is 2. The van der Waals surface area contributed by atoms with E-state index in [1.807, 2.05) is 0 Å². The van der Waals surface area contributed by atoms with Crippen molar-refractivity contribution in [1.82, 2.24) is 0 Å². The molecule has 0 saturated heterocycles. The molecule has 0 aromatic carbocycles. The van der Waals surface area contributed by atoms with Crippen LogP contribution in [0.25, 0.3) is 0 Å². The van der Waals surface area contributed by atoms with Gasteiger partial charge in [-0.1, -0.05) is 6.58 Å². The largest absolute Gasteiger partial charge is 0.463 e. The molecular weight excluding hydrogens is 1070 g/mol. The lowest BCUT2D eigenvalue weighted by atomic mass is 9.81. The first-order chi connectivity index (χ1) is 27.9. The quantitative estimate of drug-likeness (QED) is 0.0650. The normalized spacial score (nSPS) is 16.7. The van der Waals surface area contributed by atoms with E-state index >= 15 is 0 Å². The van der Waals surface area contributed by atoms with Gasteiger partial charge in [0.2, 0.25) is 0 Å². The smallest absolute Gasteiger partial charge is 0.460 e. The number of alkyl halides is 39. The topological polar surface area (TPSA) is 26.3 Å². The van der Waals surface area contributed by atoms with Gasteiger partial charge < -0.3 is 4.74 Å². The van der Waals surface area contributed by atoms with E-state index in [0.29, 0.717) is 6.92 Å². The first kappa shape index (κ1) is 62.5. The molecule has 0 aromatic rings. The SMILES string of the molecule is C=C(CC(F)(F)C(F)(F)C(F)(F)C(F)(F)C(F)(F)C(F)(F)C(F)(F)C(F)(F)C(F)(F)C(F)(F)C(F)(F)C(F)(F)C(F)(F)C(F)(F)C(F)(F)C(F)(F)C(F)(F)C(F)(F)C(F)(F)F)C(=O)OCC. The molecule has 0 aliphatic heterocycles. The van der Waals surface area contributed by atoms with Gasteiger partial charge in [0, 0.05) is 12.0 Å². The molecule has 0 saturated carbocycles. The molecule has 2 nitrogen and oxygen atoms in total. The number of carbonyl (C=O) groups is 1. The van der Waals surface area contributed by atoms with Crippen molar-refractivity contribution < 1.29 is 181 Å². The van der Waals surface area contributed by atoms with Crippen molar-refractivity contribution in [2.45, 2.75) is 126 Å². The van der Waals surface area contributed by atoms with Crippen molar-refractivity contribution >= 4 is 5.97 Å². The predicted molar refractivity (Wildman–Crippen MR) is 125 cm³/mol. The highest BCUT2D eigenvalue weighted by Crippen LogP contribution is 2.71. The molecule has 0 atom stereocenters. The van der Waals surface area contributed by atoms with Crippen molar-refractivity contribution in [1.29, 1.82) is 0 Å². The Balaban J connectivity index is 7.89. The second-order valence-corrected chi connectivity index (χ2v) is 12.5. The van der Waals surface area contributed by atoms with Crippen LogP contribution in [0.5, 0.6) is 0 Å². The fraction of sp³-hybridized carbons (Fsp3) is 0.880. The lowest BCUT2D eigenvalue weighted by Crippen LogP contribution is -2.80. The van der Waals surface area contributed by atoms with Crippen LogP contribution >= 0.6 is 0 Å². The Morgan fingerprint density at radius 1 is 0.303 bits per heavy atom. The lowest BCUT2D eigenvalue weighted by molar-refractivity contribution is -0.494. The van der Waals surface area contributed by atoms with Gasteiger partial charge in [0.15, 0.2) is 0 Å². The fourth-order valence-corrected chi connectivity index (χ4v) is 4.05. The summed E-state index contributed by atoms with van der Waals surface area (Å²) in [5.74, 6) is -180. The van der Waals surface area contributed by atoms with Gasteiger partial charge in [0.1, 0.15) is 0 Å². The molecule has 0 aromatic heterocycles. The Kier molecular flexibility index (Phi) is 14.9. The van der Waals surface area contributed by atoms with Gasteiger partial charge in [-0.05, 0) is 6.92 Å². The average molecular weight is 1080 g/mol. The number of esters is 1. The summed E-state index contributed by atoms with van der Waals surface area (Å²) >= 11 is 0. The van der Waals surface area contributed by atoms with Crippen LogP contribution in [-0.4, -0.2) is 125 Å². The molecule has 0 bridgehead atoms. The molecule has 0 aliphatic rings. The van der Waals surface area contributed by atoms with Crippen LogP contribution in [0.4, 0.5) is 171 Å². The Morgan fingerprint density at radius 3 is 0.606 bits per heavy atom. The molecule has 0 fully saturated rings. The molecule has 0 radical (unpaired) electrons. The lowest BCUT2D eigenvalue weighted by Gasteiger charge is -2.47. The Bertz CT molecular complexity index is 1790. The maximum atomic E-state index is 14.1. The van der Waals surface area contributed by atoms with Crippen molar-refractivity contribution in [3.63, 3.8) is 0 Å². The standard InChI is InChI=1S/C25H9F39O2/c1-3-66-6(65)5(2)4-7(26,27)8(28,29)9(30,31)10(32,33)11(34,35)12(36,37)13(38,39)14(40,41)15(42,43)16(44,45)17(46,47)18(48,49)19(50,51)20(52,53)21(54,55)22(56,57)23(58,59)24(60,61)25(62,63)64/h2-4H2,1H3. The molecule has 41 heteroatoms. The zero-order chi connectivity index (χ0) is 54.8. The van der Waals surface area contributed by atoms with Crippen molar-refractivity contribution in [3.05, 3.63) is 12.2 Å². The predicted octanol–water partition coefficient (Wildman–Crippen LogP) is 13.5. The molecule has 0 N–H and O–H groups in total. The average Bonchev–Trinajstić information content (AvgIpc) is 3.09. The second-order valence-electron chi connectivity index (χ2n) is 12.5. The molecular formula is C25H9F39O2. The minimum Gasteiger partial charge on any atom is -0.463 e. The maximum Gasteiger partial charge on any atom is 0.460 e. The van der Waals surface area contributed by atoms with E-state index in [-0.39, 0.29) is 0 Å². The van der Waals surface area contributed by atoms with Crippen molar-refractivity contribution in [2.75, 3.05) is 6.61 Å². The zero-order valence-corrected chi connectivity index (χ0v) is 29.2. The van der Waals surface area contributed by atoms with Crippen LogP contribution in [0.3, 0.4) is 0 Å². The summed E-state index contributed by atoms with van der Waals surface area (Å²) in [6.45, 7) is 1.77. The first-order valence-corrected chi connectivity index (χ1v) is 14.6. The molecule has 0 unspecified atom stereocenters. The summed E-state index contributed by atoms with van der Waals surface area (Å²) in [7, 11) is 0. The van der Waals surface area contributed by atoms with E-state index in [1.165, 1.54) is 0 Å². The van der Waals surface area contributed by atoms with Gasteiger partial charge in [-0.25, -0.2) is 4.79 Å². The van der Waals surface area contributed by atoms with Gasteiger partial charge in [0.05, 0.1) is 6.61 Å². The Morgan fingerprint density at radius 2 is 0.455 bits per heavy atom. The minimum atomic E-state index is -10.6. The molecule has 66 heavy (non-hydrogen) atoms. The summed E-state index contributed by atoms with van der Waals surface area (Å²) in [6.07, 6.45) is -12.1. The number of ether oxygens (including phenoxy) is 1. The number of hydrogen-bond donors (Lipinski definition) is 0. The molecule has 0 aliphatic carbocycles. The summed E-state index contributed by atoms with van der Waals surface area (Å²) < 4.78 is 539. The van der Waals surface area contributed by atoms with Crippen LogP contribution < -0.4 is 0 Å². The highest BCUT2D eigenvalue weighted by molar-refractivity contribution is 5.87. The second kappa shape index (κ2) is 15.8. The molecule has 0 spiro atoms. The van der Waals surface area contributed by atoms with Crippen LogP contribution in [0, 0.1) is 0 Å².